The molecule has 2 N–H and O–H groups in total. The van der Waals surface area contributed by atoms with Crippen LogP contribution in [-0.2, 0) is 6.54 Å². The molecule has 0 aliphatic rings. The summed E-state index contributed by atoms with van der Waals surface area (Å²) in [5, 5.41) is 17.2. The lowest BCUT2D eigenvalue weighted by Gasteiger charge is -2.16. The molecule has 0 bridgehead atoms. The summed E-state index contributed by atoms with van der Waals surface area (Å²) in [6, 6.07) is 10.1. The summed E-state index contributed by atoms with van der Waals surface area (Å²) in [6.45, 7) is 1.98. The van der Waals surface area contributed by atoms with Crippen molar-refractivity contribution in [3.63, 3.8) is 0 Å². The van der Waals surface area contributed by atoms with Crippen molar-refractivity contribution in [1.82, 2.24) is 5.32 Å². The summed E-state index contributed by atoms with van der Waals surface area (Å²) in [7, 11) is 4.75. The largest absolute Gasteiger partial charge is 0.493 e. The molecule has 0 fully saturated rings. The maximum absolute atomic E-state index is 10.6. The van der Waals surface area contributed by atoms with Gasteiger partial charge >= 0.3 is 0 Å². The highest BCUT2D eigenvalue weighted by molar-refractivity contribution is 5.55. The Labute approximate surface area is 152 Å². The van der Waals surface area contributed by atoms with Crippen molar-refractivity contribution in [2.45, 2.75) is 6.54 Å². The number of benzene rings is 2. The topological polar surface area (TPSA) is 94.9 Å². The second-order valence-corrected chi connectivity index (χ2v) is 5.40. The number of nitrogens with one attached hydrogen (secondary N) is 2. The molecule has 8 heteroatoms. The van der Waals surface area contributed by atoms with Gasteiger partial charge in [-0.25, -0.2) is 0 Å². The molecule has 0 spiro atoms. The van der Waals surface area contributed by atoms with Crippen LogP contribution in [0.5, 0.6) is 17.2 Å². The standard InChI is InChI=1S/C18H23N3O5/c1-24-16-9-4-13(17(25-2)18(16)26-3)12-19-10-11-20-14-5-7-15(8-6-14)21(22)23/h4-9,19-20H,10-12H2,1-3H3. The van der Waals surface area contributed by atoms with E-state index in [4.69, 9.17) is 14.2 Å². The number of nitrogens with zero attached hydrogens (tertiary/aromatic N) is 1. The van der Waals surface area contributed by atoms with Gasteiger partial charge in [0.2, 0.25) is 5.75 Å². The van der Waals surface area contributed by atoms with Gasteiger partial charge in [0.05, 0.1) is 26.3 Å². The molecule has 0 amide bonds. The maximum atomic E-state index is 10.6. The van der Waals surface area contributed by atoms with Crippen LogP contribution in [0, 0.1) is 10.1 Å². The first-order chi connectivity index (χ1) is 12.6. The summed E-state index contributed by atoms with van der Waals surface area (Å²) >= 11 is 0. The normalized spacial score (nSPS) is 10.3. The average Bonchev–Trinajstić information content (AvgIpc) is 2.67. The van der Waals surface area contributed by atoms with Crippen LogP contribution in [-0.4, -0.2) is 39.3 Å². The Hall–Kier alpha value is -3.00. The molecule has 0 saturated carbocycles. The number of methoxy groups -OCH3 is 3. The average molecular weight is 361 g/mol. The van der Waals surface area contributed by atoms with Gasteiger partial charge in [-0.05, 0) is 18.2 Å². The number of rotatable bonds is 10. The van der Waals surface area contributed by atoms with E-state index in [2.05, 4.69) is 10.6 Å². The van der Waals surface area contributed by atoms with Gasteiger partial charge in [0.1, 0.15) is 0 Å². The van der Waals surface area contributed by atoms with Crippen LogP contribution in [0.25, 0.3) is 0 Å². The molecule has 0 atom stereocenters. The number of non-ortho nitro benzene ring substituents is 1. The van der Waals surface area contributed by atoms with Gasteiger partial charge in [-0.2, -0.15) is 0 Å². The van der Waals surface area contributed by atoms with Crippen LogP contribution in [0.1, 0.15) is 5.56 Å². The van der Waals surface area contributed by atoms with Crippen molar-refractivity contribution in [2.75, 3.05) is 39.7 Å². The van der Waals surface area contributed by atoms with Crippen LogP contribution in [0.15, 0.2) is 36.4 Å². The summed E-state index contributed by atoms with van der Waals surface area (Å²) in [5.41, 5.74) is 1.87. The molecule has 2 rings (SSSR count). The molecule has 2 aromatic rings. The highest BCUT2D eigenvalue weighted by Crippen LogP contribution is 2.39. The number of anilines is 1. The molecular formula is C18H23N3O5. The maximum Gasteiger partial charge on any atom is 0.269 e. The Kier molecular flexibility index (Phi) is 7.04. The summed E-state index contributed by atoms with van der Waals surface area (Å²) < 4.78 is 16.1. The first kappa shape index (κ1) is 19.3. The fourth-order valence-corrected chi connectivity index (χ4v) is 2.52. The third kappa shape index (κ3) is 4.76. The molecule has 0 saturated heterocycles. The number of hydrogen-bond acceptors (Lipinski definition) is 7. The zero-order valence-electron chi connectivity index (χ0n) is 15.1. The van der Waals surface area contributed by atoms with Crippen LogP contribution < -0.4 is 24.8 Å². The molecule has 0 aliphatic carbocycles. The van der Waals surface area contributed by atoms with E-state index in [9.17, 15) is 10.1 Å². The fraction of sp³-hybridized carbons (Fsp3) is 0.333. The van der Waals surface area contributed by atoms with Gasteiger partial charge in [0.25, 0.3) is 5.69 Å². The van der Waals surface area contributed by atoms with Crippen LogP contribution in [0.3, 0.4) is 0 Å². The number of hydrogen-bond donors (Lipinski definition) is 2. The second kappa shape index (κ2) is 9.47. The SMILES string of the molecule is COc1ccc(CNCCNc2ccc([N+](=O)[O-])cc2)c(OC)c1OC. The zero-order chi connectivity index (χ0) is 18.9. The first-order valence-electron chi connectivity index (χ1n) is 8.07. The highest BCUT2D eigenvalue weighted by Gasteiger charge is 2.15. The molecule has 0 aromatic heterocycles. The molecule has 0 radical (unpaired) electrons. The molecule has 26 heavy (non-hydrogen) atoms. The van der Waals surface area contributed by atoms with Crippen molar-refractivity contribution < 1.29 is 19.1 Å². The molecule has 8 nitrogen and oxygen atoms in total. The summed E-state index contributed by atoms with van der Waals surface area (Å²) in [5.74, 6) is 1.83. The molecule has 0 heterocycles. The molecular weight excluding hydrogens is 338 g/mol. The van der Waals surface area contributed by atoms with E-state index in [-0.39, 0.29) is 5.69 Å². The van der Waals surface area contributed by atoms with Gasteiger partial charge in [0, 0.05) is 43.0 Å². The van der Waals surface area contributed by atoms with Crippen molar-refractivity contribution in [3.8, 4) is 17.2 Å². The lowest BCUT2D eigenvalue weighted by molar-refractivity contribution is -0.384. The van der Waals surface area contributed by atoms with E-state index in [1.165, 1.54) is 12.1 Å². The van der Waals surface area contributed by atoms with Gasteiger partial charge in [-0.3, -0.25) is 10.1 Å². The van der Waals surface area contributed by atoms with Crippen molar-refractivity contribution in [2.24, 2.45) is 0 Å². The third-order valence-electron chi connectivity index (χ3n) is 3.81. The third-order valence-corrected chi connectivity index (χ3v) is 3.81. The Morgan fingerprint density at radius 2 is 1.62 bits per heavy atom. The molecule has 0 unspecified atom stereocenters. The summed E-state index contributed by atoms with van der Waals surface area (Å²) in [4.78, 5) is 10.2. The van der Waals surface area contributed by atoms with Crippen LogP contribution >= 0.6 is 0 Å². The lowest BCUT2D eigenvalue weighted by Crippen LogP contribution is -2.22. The van der Waals surface area contributed by atoms with Gasteiger partial charge in [-0.15, -0.1) is 0 Å². The first-order valence-corrected chi connectivity index (χ1v) is 8.07. The molecule has 140 valence electrons. The van der Waals surface area contributed by atoms with Crippen molar-refractivity contribution >= 4 is 11.4 Å². The predicted molar refractivity (Wildman–Crippen MR) is 99.4 cm³/mol. The highest BCUT2D eigenvalue weighted by atomic mass is 16.6. The van der Waals surface area contributed by atoms with Crippen LogP contribution in [0.2, 0.25) is 0 Å². The predicted octanol–water partition coefficient (Wildman–Crippen LogP) is 2.82. The smallest absolute Gasteiger partial charge is 0.269 e. The minimum atomic E-state index is -0.415. The summed E-state index contributed by atoms with van der Waals surface area (Å²) in [6.07, 6.45) is 0. The van der Waals surface area contributed by atoms with Crippen molar-refractivity contribution in [1.29, 1.82) is 0 Å². The number of ether oxygens (including phenoxy) is 3. The Morgan fingerprint density at radius 1 is 0.923 bits per heavy atom. The number of nitro groups is 1. The van der Waals surface area contributed by atoms with E-state index < -0.39 is 4.92 Å². The Balaban J connectivity index is 1.85. The second-order valence-electron chi connectivity index (χ2n) is 5.40. The molecule has 2 aromatic carbocycles. The van der Waals surface area contributed by atoms with Crippen LogP contribution in [0.4, 0.5) is 11.4 Å². The van der Waals surface area contributed by atoms with Gasteiger partial charge < -0.3 is 24.8 Å². The minimum absolute atomic E-state index is 0.0780. The van der Waals surface area contributed by atoms with E-state index in [0.717, 1.165) is 11.3 Å². The van der Waals surface area contributed by atoms with E-state index >= 15 is 0 Å². The van der Waals surface area contributed by atoms with Crippen molar-refractivity contribution in [3.05, 3.63) is 52.1 Å². The molecule has 0 aliphatic heterocycles. The Bertz CT molecular complexity index is 734. The van der Waals surface area contributed by atoms with E-state index in [1.54, 1.807) is 33.5 Å². The van der Waals surface area contributed by atoms with E-state index in [1.807, 2.05) is 12.1 Å². The van der Waals surface area contributed by atoms with Gasteiger partial charge in [-0.1, -0.05) is 6.07 Å². The monoisotopic (exact) mass is 361 g/mol. The Morgan fingerprint density at radius 3 is 2.19 bits per heavy atom. The quantitative estimate of drug-likeness (QED) is 0.382. The number of nitro benzene ring substituents is 1. The van der Waals surface area contributed by atoms with E-state index in [0.29, 0.717) is 36.9 Å². The van der Waals surface area contributed by atoms with Gasteiger partial charge in [0.15, 0.2) is 11.5 Å². The fourth-order valence-electron chi connectivity index (χ4n) is 2.52. The minimum Gasteiger partial charge on any atom is -0.493 e. The zero-order valence-corrected chi connectivity index (χ0v) is 15.1. The lowest BCUT2D eigenvalue weighted by atomic mass is 10.1.